The topological polar surface area (TPSA) is 96.7 Å². The Morgan fingerprint density at radius 2 is 2.29 bits per heavy atom. The molecule has 108 valence electrons. The number of nitrogens with zero attached hydrogens (tertiary/aromatic N) is 3. The molecule has 0 radical (unpaired) electrons. The number of aromatic nitrogens is 2. The number of carbonyl (C=O) groups is 1. The number of nitriles is 1. The molecule has 0 bridgehead atoms. The molecule has 21 heavy (non-hydrogen) atoms. The van der Waals surface area contributed by atoms with Crippen LogP contribution in [-0.4, -0.2) is 15.7 Å². The van der Waals surface area contributed by atoms with E-state index >= 15 is 0 Å². The fraction of sp³-hybridized carbons (Fsp3) is 0.214. The van der Waals surface area contributed by atoms with Crippen molar-refractivity contribution in [3.05, 3.63) is 41.0 Å². The van der Waals surface area contributed by atoms with Gasteiger partial charge in [-0.25, -0.2) is 4.39 Å². The van der Waals surface area contributed by atoms with Gasteiger partial charge in [-0.15, -0.1) is 0 Å². The lowest BCUT2D eigenvalue weighted by atomic mass is 10.2. The standard InChI is InChI=1S/C14H14FN5O/c1-3-11-12(17)13(20(2)19-11)14(21)18-9-4-5-10(15)8(6-9)7-16/h4-6H,3,17H2,1-2H3,(H,18,21). The number of anilines is 2. The second-order valence-corrected chi connectivity index (χ2v) is 4.45. The average Bonchev–Trinajstić information content (AvgIpc) is 2.75. The molecule has 0 saturated heterocycles. The highest BCUT2D eigenvalue weighted by Gasteiger charge is 2.19. The summed E-state index contributed by atoms with van der Waals surface area (Å²) in [7, 11) is 1.62. The SMILES string of the molecule is CCc1nn(C)c(C(=O)Nc2ccc(F)c(C#N)c2)c1N. The molecular formula is C14H14FN5O. The molecule has 1 aromatic heterocycles. The van der Waals surface area contributed by atoms with Crippen molar-refractivity contribution in [2.24, 2.45) is 7.05 Å². The van der Waals surface area contributed by atoms with E-state index in [9.17, 15) is 9.18 Å². The van der Waals surface area contributed by atoms with Crippen LogP contribution in [0.2, 0.25) is 0 Å². The van der Waals surface area contributed by atoms with E-state index in [4.69, 9.17) is 11.0 Å². The Labute approximate surface area is 121 Å². The van der Waals surface area contributed by atoms with E-state index in [1.165, 1.54) is 16.8 Å². The van der Waals surface area contributed by atoms with Crippen LogP contribution >= 0.6 is 0 Å². The number of hydrogen-bond donors (Lipinski definition) is 2. The summed E-state index contributed by atoms with van der Waals surface area (Å²) >= 11 is 0. The summed E-state index contributed by atoms with van der Waals surface area (Å²) < 4.78 is 14.6. The van der Waals surface area contributed by atoms with E-state index in [-0.39, 0.29) is 11.3 Å². The Balaban J connectivity index is 2.31. The number of nitrogen functional groups attached to an aromatic ring is 1. The van der Waals surface area contributed by atoms with Crippen LogP contribution in [0.15, 0.2) is 18.2 Å². The predicted molar refractivity (Wildman–Crippen MR) is 76.1 cm³/mol. The molecule has 2 aromatic rings. The van der Waals surface area contributed by atoms with Crippen LogP contribution in [0.3, 0.4) is 0 Å². The fourth-order valence-electron chi connectivity index (χ4n) is 2.01. The zero-order valence-corrected chi connectivity index (χ0v) is 11.6. The van der Waals surface area contributed by atoms with Gasteiger partial charge >= 0.3 is 0 Å². The molecule has 2 rings (SSSR count). The number of carbonyl (C=O) groups excluding carboxylic acids is 1. The Morgan fingerprint density at radius 1 is 1.57 bits per heavy atom. The molecule has 1 aromatic carbocycles. The fourth-order valence-corrected chi connectivity index (χ4v) is 2.01. The van der Waals surface area contributed by atoms with Gasteiger partial charge in [0, 0.05) is 12.7 Å². The number of rotatable bonds is 3. The highest BCUT2D eigenvalue weighted by Crippen LogP contribution is 2.20. The van der Waals surface area contributed by atoms with Gasteiger partial charge in [0.1, 0.15) is 17.6 Å². The molecule has 0 spiro atoms. The van der Waals surface area contributed by atoms with Crippen LogP contribution in [-0.2, 0) is 13.5 Å². The third kappa shape index (κ3) is 2.69. The molecule has 1 heterocycles. The summed E-state index contributed by atoms with van der Waals surface area (Å²) in [6, 6.07) is 5.48. The number of amides is 1. The summed E-state index contributed by atoms with van der Waals surface area (Å²) in [4.78, 5) is 12.2. The summed E-state index contributed by atoms with van der Waals surface area (Å²) in [6.07, 6.45) is 0.613. The first-order chi connectivity index (χ1) is 9.97. The van der Waals surface area contributed by atoms with E-state index < -0.39 is 11.7 Å². The third-order valence-electron chi connectivity index (χ3n) is 3.05. The quantitative estimate of drug-likeness (QED) is 0.900. The number of benzene rings is 1. The summed E-state index contributed by atoms with van der Waals surface area (Å²) in [5, 5.41) is 15.5. The number of nitrogens with one attached hydrogen (secondary N) is 1. The maximum Gasteiger partial charge on any atom is 0.276 e. The molecule has 0 saturated carbocycles. The number of nitrogens with two attached hydrogens (primary N) is 1. The van der Waals surface area contributed by atoms with Crippen molar-refractivity contribution in [3.63, 3.8) is 0 Å². The maximum atomic E-state index is 13.2. The Hall–Kier alpha value is -2.88. The van der Waals surface area contributed by atoms with Crippen LogP contribution in [0.5, 0.6) is 0 Å². The Kier molecular flexibility index (Phi) is 3.89. The second kappa shape index (κ2) is 5.63. The van der Waals surface area contributed by atoms with E-state index in [1.807, 2.05) is 6.92 Å². The van der Waals surface area contributed by atoms with Gasteiger partial charge in [-0.1, -0.05) is 6.92 Å². The molecule has 0 aliphatic rings. The average molecular weight is 287 g/mol. The van der Waals surface area contributed by atoms with Crippen molar-refractivity contribution in [1.82, 2.24) is 9.78 Å². The van der Waals surface area contributed by atoms with E-state index in [0.29, 0.717) is 23.5 Å². The minimum absolute atomic E-state index is 0.139. The highest BCUT2D eigenvalue weighted by atomic mass is 19.1. The smallest absolute Gasteiger partial charge is 0.276 e. The molecule has 3 N–H and O–H groups in total. The first kappa shape index (κ1) is 14.5. The predicted octanol–water partition coefficient (Wildman–Crippen LogP) is 1.83. The van der Waals surface area contributed by atoms with Crippen molar-refractivity contribution in [2.45, 2.75) is 13.3 Å². The minimum Gasteiger partial charge on any atom is -0.395 e. The van der Waals surface area contributed by atoms with E-state index in [0.717, 1.165) is 6.07 Å². The second-order valence-electron chi connectivity index (χ2n) is 4.45. The summed E-state index contributed by atoms with van der Waals surface area (Å²) in [6.45, 7) is 1.89. The minimum atomic E-state index is -0.635. The first-order valence-electron chi connectivity index (χ1n) is 6.30. The molecule has 1 amide bonds. The zero-order valence-electron chi connectivity index (χ0n) is 11.6. The molecule has 6 nitrogen and oxygen atoms in total. The van der Waals surface area contributed by atoms with Crippen molar-refractivity contribution < 1.29 is 9.18 Å². The van der Waals surface area contributed by atoms with Gasteiger partial charge in [0.15, 0.2) is 0 Å². The van der Waals surface area contributed by atoms with Crippen molar-refractivity contribution >= 4 is 17.3 Å². The molecule has 7 heteroatoms. The van der Waals surface area contributed by atoms with Crippen molar-refractivity contribution in [3.8, 4) is 6.07 Å². The van der Waals surface area contributed by atoms with Crippen LogP contribution < -0.4 is 11.1 Å². The lowest BCUT2D eigenvalue weighted by Gasteiger charge is -2.07. The van der Waals surface area contributed by atoms with E-state index in [2.05, 4.69) is 10.4 Å². The monoisotopic (exact) mass is 287 g/mol. The van der Waals surface area contributed by atoms with Crippen LogP contribution in [0.4, 0.5) is 15.8 Å². The summed E-state index contributed by atoms with van der Waals surface area (Å²) in [5.41, 5.74) is 7.26. The van der Waals surface area contributed by atoms with Crippen molar-refractivity contribution in [2.75, 3.05) is 11.1 Å². The molecule has 0 fully saturated rings. The Bertz CT molecular complexity index is 745. The van der Waals surface area contributed by atoms with E-state index in [1.54, 1.807) is 13.1 Å². The van der Waals surface area contributed by atoms with Gasteiger partial charge in [-0.05, 0) is 24.6 Å². The van der Waals surface area contributed by atoms with Crippen LogP contribution in [0.25, 0.3) is 0 Å². The van der Waals surface area contributed by atoms with Gasteiger partial charge < -0.3 is 11.1 Å². The lowest BCUT2D eigenvalue weighted by Crippen LogP contribution is -2.17. The first-order valence-corrected chi connectivity index (χ1v) is 6.30. The summed E-state index contributed by atoms with van der Waals surface area (Å²) in [5.74, 6) is -1.10. The number of halogens is 1. The Morgan fingerprint density at radius 3 is 2.86 bits per heavy atom. The molecule has 0 aliphatic carbocycles. The van der Waals surface area contributed by atoms with Crippen LogP contribution in [0, 0.1) is 17.1 Å². The van der Waals surface area contributed by atoms with Gasteiger partial charge in [-0.2, -0.15) is 10.4 Å². The van der Waals surface area contributed by atoms with Gasteiger partial charge in [-0.3, -0.25) is 9.48 Å². The van der Waals surface area contributed by atoms with Crippen LogP contribution in [0.1, 0.15) is 28.7 Å². The molecule has 0 atom stereocenters. The van der Waals surface area contributed by atoms with Crippen molar-refractivity contribution in [1.29, 1.82) is 5.26 Å². The maximum absolute atomic E-state index is 13.2. The normalized spacial score (nSPS) is 10.2. The largest absolute Gasteiger partial charge is 0.395 e. The third-order valence-corrected chi connectivity index (χ3v) is 3.05. The molecular weight excluding hydrogens is 273 g/mol. The van der Waals surface area contributed by atoms with Gasteiger partial charge in [0.25, 0.3) is 5.91 Å². The van der Waals surface area contributed by atoms with Gasteiger partial charge in [0.2, 0.25) is 0 Å². The highest BCUT2D eigenvalue weighted by molar-refractivity contribution is 6.06. The lowest BCUT2D eigenvalue weighted by molar-refractivity contribution is 0.101. The molecule has 0 unspecified atom stereocenters. The molecule has 0 aliphatic heterocycles. The van der Waals surface area contributed by atoms with Gasteiger partial charge in [0.05, 0.1) is 16.9 Å². The number of aryl methyl sites for hydroxylation is 2. The zero-order chi connectivity index (χ0) is 15.6. The number of hydrogen-bond acceptors (Lipinski definition) is 4.